The fourth-order valence-corrected chi connectivity index (χ4v) is 1.80. The van der Waals surface area contributed by atoms with Crippen LogP contribution in [0.25, 0.3) is 0 Å². The van der Waals surface area contributed by atoms with Gasteiger partial charge in [-0.05, 0) is 6.42 Å². The molecule has 112 valence electrons. The summed E-state index contributed by atoms with van der Waals surface area (Å²) < 4.78 is 0. The molecule has 20 heavy (non-hydrogen) atoms. The number of carbonyl (C=O) groups is 1. The highest BCUT2D eigenvalue weighted by Crippen LogP contribution is 2.20. The summed E-state index contributed by atoms with van der Waals surface area (Å²) >= 11 is 0. The van der Waals surface area contributed by atoms with E-state index in [0.29, 0.717) is 6.54 Å². The summed E-state index contributed by atoms with van der Waals surface area (Å²) in [5, 5.41) is 5.70. The zero-order chi connectivity index (χ0) is 15.1. The smallest absolute Gasteiger partial charge is 0.239 e. The Balaban J connectivity index is 3.10. The van der Waals surface area contributed by atoms with Gasteiger partial charge in [0.05, 0.1) is 6.54 Å². The van der Waals surface area contributed by atoms with Crippen LogP contribution in [0.5, 0.6) is 0 Å². The van der Waals surface area contributed by atoms with Crippen LogP contribution in [-0.4, -0.2) is 43.1 Å². The topological polar surface area (TPSA) is 70.2 Å². The molecule has 0 atom stereocenters. The summed E-state index contributed by atoms with van der Waals surface area (Å²) in [6, 6.07) is 1.88. The van der Waals surface area contributed by atoms with Crippen molar-refractivity contribution in [1.82, 2.24) is 15.3 Å². The van der Waals surface area contributed by atoms with Gasteiger partial charge in [-0.15, -0.1) is 0 Å². The molecule has 0 saturated heterocycles. The van der Waals surface area contributed by atoms with Crippen LogP contribution in [0.15, 0.2) is 6.07 Å². The van der Waals surface area contributed by atoms with E-state index in [4.69, 9.17) is 0 Å². The molecule has 1 heterocycles. The van der Waals surface area contributed by atoms with E-state index in [1.54, 1.807) is 7.05 Å². The Labute approximate surface area is 121 Å². The Morgan fingerprint density at radius 3 is 2.55 bits per heavy atom. The van der Waals surface area contributed by atoms with Crippen LogP contribution < -0.4 is 15.5 Å². The number of likely N-dealkylation sites (N-methyl/N-ethyl adjacent to an activating group) is 1. The molecule has 0 saturated carbocycles. The van der Waals surface area contributed by atoms with Gasteiger partial charge in [-0.1, -0.05) is 20.8 Å². The fraction of sp³-hybridized carbons (Fsp3) is 0.643. The largest absolute Gasteiger partial charge is 0.373 e. The number of rotatable bonds is 7. The third-order valence-electron chi connectivity index (χ3n) is 2.93. The molecule has 1 rings (SSSR count). The Morgan fingerprint density at radius 1 is 1.35 bits per heavy atom. The van der Waals surface area contributed by atoms with Gasteiger partial charge in [0.2, 0.25) is 5.91 Å². The van der Waals surface area contributed by atoms with Crippen molar-refractivity contribution in [2.45, 2.75) is 33.1 Å². The van der Waals surface area contributed by atoms with Gasteiger partial charge in [0, 0.05) is 32.6 Å². The highest BCUT2D eigenvalue weighted by atomic mass is 16.1. The van der Waals surface area contributed by atoms with E-state index < -0.39 is 0 Å². The van der Waals surface area contributed by atoms with Crippen LogP contribution in [-0.2, 0) is 4.79 Å². The Bertz CT molecular complexity index is 447. The minimum Gasteiger partial charge on any atom is -0.373 e. The van der Waals surface area contributed by atoms with Crippen molar-refractivity contribution >= 4 is 17.5 Å². The summed E-state index contributed by atoms with van der Waals surface area (Å²) in [7, 11) is 3.48. The maximum atomic E-state index is 11.6. The van der Waals surface area contributed by atoms with Gasteiger partial charge in [0.25, 0.3) is 0 Å². The second-order valence-corrected chi connectivity index (χ2v) is 4.97. The molecule has 1 amide bonds. The average Bonchev–Trinajstić information content (AvgIpc) is 2.45. The van der Waals surface area contributed by atoms with Crippen LogP contribution in [0.2, 0.25) is 0 Å². The number of hydrogen-bond acceptors (Lipinski definition) is 5. The molecular formula is C14H25N5O. The standard InChI is InChI=1S/C14H25N5O/c1-6-7-19(9-13(20)16-5)12-8-11(15-4)17-14(18-12)10(2)3/h8,10H,6-7,9H2,1-5H3,(H,16,20)(H,15,17,18). The molecule has 0 unspecified atom stereocenters. The normalized spacial score (nSPS) is 10.5. The van der Waals surface area contributed by atoms with Gasteiger partial charge in [-0.2, -0.15) is 0 Å². The first-order chi connectivity index (χ1) is 9.51. The Kier molecular flexibility index (Phi) is 6.21. The lowest BCUT2D eigenvalue weighted by molar-refractivity contribution is -0.119. The van der Waals surface area contributed by atoms with E-state index in [0.717, 1.165) is 30.4 Å². The number of anilines is 2. The van der Waals surface area contributed by atoms with E-state index in [1.807, 2.05) is 18.0 Å². The highest BCUT2D eigenvalue weighted by Gasteiger charge is 2.15. The molecule has 1 aromatic rings. The van der Waals surface area contributed by atoms with Gasteiger partial charge < -0.3 is 15.5 Å². The van der Waals surface area contributed by atoms with Crippen molar-refractivity contribution in [1.29, 1.82) is 0 Å². The lowest BCUT2D eigenvalue weighted by Gasteiger charge is -2.23. The Morgan fingerprint density at radius 2 is 2.05 bits per heavy atom. The first kappa shape index (κ1) is 16.2. The van der Waals surface area contributed by atoms with Crippen molar-refractivity contribution in [2.75, 3.05) is 37.4 Å². The van der Waals surface area contributed by atoms with Crippen molar-refractivity contribution in [3.05, 3.63) is 11.9 Å². The number of nitrogens with zero attached hydrogens (tertiary/aromatic N) is 3. The molecule has 0 aliphatic heterocycles. The molecule has 6 heteroatoms. The number of nitrogens with one attached hydrogen (secondary N) is 2. The monoisotopic (exact) mass is 279 g/mol. The molecular weight excluding hydrogens is 254 g/mol. The van der Waals surface area contributed by atoms with Gasteiger partial charge in [-0.3, -0.25) is 4.79 Å². The van der Waals surface area contributed by atoms with E-state index in [2.05, 4.69) is 41.4 Å². The SMILES string of the molecule is CCCN(CC(=O)NC)c1cc(NC)nc(C(C)C)n1. The lowest BCUT2D eigenvalue weighted by atomic mass is 10.2. The first-order valence-corrected chi connectivity index (χ1v) is 7.04. The predicted octanol–water partition coefficient (Wildman–Crippen LogP) is 1.60. The second kappa shape index (κ2) is 7.67. The molecule has 0 aliphatic carbocycles. The van der Waals surface area contributed by atoms with E-state index in [9.17, 15) is 4.79 Å². The molecule has 0 bridgehead atoms. The lowest BCUT2D eigenvalue weighted by Crippen LogP contribution is -2.36. The quantitative estimate of drug-likeness (QED) is 0.793. The van der Waals surface area contributed by atoms with E-state index in [1.165, 1.54) is 0 Å². The predicted molar refractivity (Wildman–Crippen MR) is 82.2 cm³/mol. The molecule has 0 radical (unpaired) electrons. The number of aromatic nitrogens is 2. The van der Waals surface area contributed by atoms with Crippen molar-refractivity contribution in [3.63, 3.8) is 0 Å². The minimum absolute atomic E-state index is 0.0193. The zero-order valence-corrected chi connectivity index (χ0v) is 13.0. The molecule has 6 nitrogen and oxygen atoms in total. The van der Waals surface area contributed by atoms with E-state index in [-0.39, 0.29) is 11.8 Å². The van der Waals surface area contributed by atoms with E-state index >= 15 is 0 Å². The van der Waals surface area contributed by atoms with Gasteiger partial charge >= 0.3 is 0 Å². The fourth-order valence-electron chi connectivity index (χ4n) is 1.80. The maximum absolute atomic E-state index is 11.6. The summed E-state index contributed by atoms with van der Waals surface area (Å²) in [6.07, 6.45) is 0.951. The van der Waals surface area contributed by atoms with Gasteiger partial charge in [0.15, 0.2) is 0 Å². The third-order valence-corrected chi connectivity index (χ3v) is 2.93. The number of carbonyl (C=O) groups excluding carboxylic acids is 1. The molecule has 0 aromatic carbocycles. The van der Waals surface area contributed by atoms with Crippen molar-refractivity contribution in [2.24, 2.45) is 0 Å². The molecule has 1 aromatic heterocycles. The highest BCUT2D eigenvalue weighted by molar-refractivity contribution is 5.80. The first-order valence-electron chi connectivity index (χ1n) is 7.04. The number of amides is 1. The summed E-state index contributed by atoms with van der Waals surface area (Å²) in [4.78, 5) is 22.6. The van der Waals surface area contributed by atoms with Crippen LogP contribution in [0.1, 0.15) is 38.9 Å². The molecule has 2 N–H and O–H groups in total. The summed E-state index contributed by atoms with van der Waals surface area (Å²) in [5.41, 5.74) is 0. The second-order valence-electron chi connectivity index (χ2n) is 4.97. The minimum atomic E-state index is -0.0193. The average molecular weight is 279 g/mol. The molecule has 0 fully saturated rings. The molecule has 0 spiro atoms. The zero-order valence-electron chi connectivity index (χ0n) is 13.0. The third kappa shape index (κ3) is 4.36. The van der Waals surface area contributed by atoms with Gasteiger partial charge in [-0.25, -0.2) is 9.97 Å². The molecule has 0 aliphatic rings. The van der Waals surface area contributed by atoms with Crippen molar-refractivity contribution < 1.29 is 4.79 Å². The van der Waals surface area contributed by atoms with Crippen LogP contribution in [0.4, 0.5) is 11.6 Å². The number of hydrogen-bond donors (Lipinski definition) is 2. The van der Waals surface area contributed by atoms with Gasteiger partial charge in [0.1, 0.15) is 17.5 Å². The maximum Gasteiger partial charge on any atom is 0.239 e. The van der Waals surface area contributed by atoms with Crippen LogP contribution >= 0.6 is 0 Å². The summed E-state index contributed by atoms with van der Waals surface area (Å²) in [5.74, 6) is 2.57. The summed E-state index contributed by atoms with van der Waals surface area (Å²) in [6.45, 7) is 7.29. The van der Waals surface area contributed by atoms with Crippen LogP contribution in [0, 0.1) is 0 Å². The Hall–Kier alpha value is -1.85. The van der Waals surface area contributed by atoms with Crippen LogP contribution in [0.3, 0.4) is 0 Å². The van der Waals surface area contributed by atoms with Crippen molar-refractivity contribution in [3.8, 4) is 0 Å².